The number of carbonyl (C=O) groups is 1. The summed E-state index contributed by atoms with van der Waals surface area (Å²) in [7, 11) is 0. The standard InChI is InChI=1S/C12H12N2O3S/c1-7-3-10(15)14(5-9-4-13-6-18-9)8(2)11(7)12(16)17/h3-4,6H,5H2,1-2H3,(H,16,17). The van der Waals surface area contributed by atoms with Crippen molar-refractivity contribution >= 4 is 17.3 Å². The van der Waals surface area contributed by atoms with E-state index in [2.05, 4.69) is 4.98 Å². The third kappa shape index (κ3) is 2.19. The summed E-state index contributed by atoms with van der Waals surface area (Å²) in [6, 6.07) is 1.36. The third-order valence-electron chi connectivity index (χ3n) is 2.78. The van der Waals surface area contributed by atoms with E-state index in [-0.39, 0.29) is 11.1 Å². The quantitative estimate of drug-likeness (QED) is 0.915. The van der Waals surface area contributed by atoms with Crippen LogP contribution in [0.4, 0.5) is 0 Å². The van der Waals surface area contributed by atoms with Crippen LogP contribution in [0, 0.1) is 13.8 Å². The predicted molar refractivity (Wildman–Crippen MR) is 68.4 cm³/mol. The number of nitrogens with zero attached hydrogens (tertiary/aromatic N) is 2. The maximum atomic E-state index is 11.9. The zero-order valence-corrected chi connectivity index (χ0v) is 10.8. The predicted octanol–water partition coefficient (Wildman–Crippen LogP) is 1.67. The molecule has 0 fully saturated rings. The van der Waals surface area contributed by atoms with Crippen LogP contribution in [0.25, 0.3) is 0 Å². The van der Waals surface area contributed by atoms with Crippen molar-refractivity contribution in [3.05, 3.63) is 49.8 Å². The normalized spacial score (nSPS) is 10.6. The van der Waals surface area contributed by atoms with Gasteiger partial charge >= 0.3 is 5.97 Å². The van der Waals surface area contributed by atoms with Crippen molar-refractivity contribution < 1.29 is 9.90 Å². The topological polar surface area (TPSA) is 72.2 Å². The molecule has 0 atom stereocenters. The van der Waals surface area contributed by atoms with Crippen molar-refractivity contribution in [1.29, 1.82) is 0 Å². The summed E-state index contributed by atoms with van der Waals surface area (Å²) in [5, 5.41) is 9.16. The molecule has 0 amide bonds. The molecule has 2 rings (SSSR count). The Kier molecular flexibility index (Phi) is 3.29. The molecule has 0 unspecified atom stereocenters. The highest BCUT2D eigenvalue weighted by Gasteiger charge is 2.16. The first-order chi connectivity index (χ1) is 8.50. The number of aryl methyl sites for hydroxylation is 1. The second-order valence-electron chi connectivity index (χ2n) is 3.99. The lowest BCUT2D eigenvalue weighted by Gasteiger charge is -2.12. The van der Waals surface area contributed by atoms with Crippen molar-refractivity contribution in [2.75, 3.05) is 0 Å². The van der Waals surface area contributed by atoms with Crippen molar-refractivity contribution in [3.63, 3.8) is 0 Å². The minimum Gasteiger partial charge on any atom is -0.478 e. The summed E-state index contributed by atoms with van der Waals surface area (Å²) in [5.41, 5.74) is 2.65. The SMILES string of the molecule is Cc1cc(=O)n(Cc2cncs2)c(C)c1C(=O)O. The van der Waals surface area contributed by atoms with Crippen LogP contribution in [0.15, 0.2) is 22.6 Å². The molecule has 0 bridgehead atoms. The van der Waals surface area contributed by atoms with Gasteiger partial charge in [-0.15, -0.1) is 11.3 Å². The number of thiazole rings is 1. The fraction of sp³-hybridized carbons (Fsp3) is 0.250. The molecule has 2 heterocycles. The Bertz CT molecular complexity index is 644. The Morgan fingerprint density at radius 3 is 2.78 bits per heavy atom. The molecule has 0 aliphatic heterocycles. The molecule has 0 aliphatic rings. The van der Waals surface area contributed by atoms with Crippen LogP contribution in [-0.4, -0.2) is 20.6 Å². The highest BCUT2D eigenvalue weighted by atomic mass is 32.1. The van der Waals surface area contributed by atoms with Crippen LogP contribution in [0.3, 0.4) is 0 Å². The molecule has 0 aliphatic carbocycles. The van der Waals surface area contributed by atoms with E-state index in [0.29, 0.717) is 17.8 Å². The lowest BCUT2D eigenvalue weighted by atomic mass is 10.1. The first kappa shape index (κ1) is 12.5. The van der Waals surface area contributed by atoms with E-state index in [1.807, 2.05) is 0 Å². The van der Waals surface area contributed by atoms with Gasteiger partial charge in [0.2, 0.25) is 0 Å². The summed E-state index contributed by atoms with van der Waals surface area (Å²) in [4.78, 5) is 28.0. The van der Waals surface area contributed by atoms with Crippen molar-refractivity contribution in [2.24, 2.45) is 0 Å². The Morgan fingerprint density at radius 2 is 2.22 bits per heavy atom. The van der Waals surface area contributed by atoms with E-state index in [1.165, 1.54) is 22.0 Å². The minimum atomic E-state index is -1.01. The molecule has 94 valence electrons. The van der Waals surface area contributed by atoms with Crippen molar-refractivity contribution in [1.82, 2.24) is 9.55 Å². The molecule has 0 radical (unpaired) electrons. The molecule has 0 saturated carbocycles. The molecule has 0 saturated heterocycles. The van der Waals surface area contributed by atoms with Crippen LogP contribution in [0.5, 0.6) is 0 Å². The first-order valence-electron chi connectivity index (χ1n) is 5.32. The zero-order chi connectivity index (χ0) is 13.3. The molecule has 2 aromatic rings. The number of aromatic carboxylic acids is 1. The summed E-state index contributed by atoms with van der Waals surface area (Å²) >= 11 is 1.44. The number of hydrogen-bond acceptors (Lipinski definition) is 4. The van der Waals surface area contributed by atoms with E-state index < -0.39 is 5.97 Å². The lowest BCUT2D eigenvalue weighted by molar-refractivity contribution is 0.0694. The highest BCUT2D eigenvalue weighted by molar-refractivity contribution is 7.09. The van der Waals surface area contributed by atoms with Gasteiger partial charge in [0.05, 0.1) is 17.6 Å². The molecule has 1 N–H and O–H groups in total. The molecule has 6 heteroatoms. The third-order valence-corrected chi connectivity index (χ3v) is 3.54. The van der Waals surface area contributed by atoms with Crippen LogP contribution >= 0.6 is 11.3 Å². The van der Waals surface area contributed by atoms with E-state index >= 15 is 0 Å². The molecular formula is C12H12N2O3S. The average molecular weight is 264 g/mol. The zero-order valence-electron chi connectivity index (χ0n) is 10.0. The molecule has 18 heavy (non-hydrogen) atoms. The van der Waals surface area contributed by atoms with Gasteiger partial charge in [-0.05, 0) is 19.4 Å². The van der Waals surface area contributed by atoms with Gasteiger partial charge in [0.1, 0.15) is 0 Å². The van der Waals surface area contributed by atoms with Gasteiger partial charge in [-0.3, -0.25) is 9.78 Å². The first-order valence-corrected chi connectivity index (χ1v) is 6.20. The second kappa shape index (κ2) is 4.73. The summed E-state index contributed by atoms with van der Waals surface area (Å²) in [6.07, 6.45) is 1.68. The summed E-state index contributed by atoms with van der Waals surface area (Å²) in [5.74, 6) is -1.01. The van der Waals surface area contributed by atoms with E-state index in [9.17, 15) is 9.59 Å². The van der Waals surface area contributed by atoms with E-state index in [0.717, 1.165) is 4.88 Å². The monoisotopic (exact) mass is 264 g/mol. The van der Waals surface area contributed by atoms with Gasteiger partial charge in [-0.1, -0.05) is 0 Å². The minimum absolute atomic E-state index is 0.191. The van der Waals surface area contributed by atoms with Crippen LogP contribution in [0.1, 0.15) is 26.5 Å². The van der Waals surface area contributed by atoms with Crippen molar-refractivity contribution in [2.45, 2.75) is 20.4 Å². The number of aromatic nitrogens is 2. The second-order valence-corrected chi connectivity index (χ2v) is 4.96. The van der Waals surface area contributed by atoms with Gasteiger partial charge in [0.25, 0.3) is 5.56 Å². The Balaban J connectivity index is 2.57. The molecule has 5 nitrogen and oxygen atoms in total. The maximum absolute atomic E-state index is 11.9. The molecule has 0 aromatic carbocycles. The Morgan fingerprint density at radius 1 is 1.50 bits per heavy atom. The Hall–Kier alpha value is -1.95. The largest absolute Gasteiger partial charge is 0.478 e. The fourth-order valence-electron chi connectivity index (χ4n) is 1.92. The smallest absolute Gasteiger partial charge is 0.337 e. The summed E-state index contributed by atoms with van der Waals surface area (Å²) in [6.45, 7) is 3.64. The van der Waals surface area contributed by atoms with Gasteiger partial charge < -0.3 is 9.67 Å². The van der Waals surface area contributed by atoms with Gasteiger partial charge in [-0.25, -0.2) is 4.79 Å². The maximum Gasteiger partial charge on any atom is 0.337 e. The number of carboxylic acids is 1. The van der Waals surface area contributed by atoms with Gasteiger partial charge in [-0.2, -0.15) is 0 Å². The lowest BCUT2D eigenvalue weighted by Crippen LogP contribution is -2.25. The Labute approximate surface area is 107 Å². The molecule has 2 aromatic heterocycles. The van der Waals surface area contributed by atoms with E-state index in [1.54, 1.807) is 25.6 Å². The average Bonchev–Trinajstić information content (AvgIpc) is 2.75. The summed E-state index contributed by atoms with van der Waals surface area (Å²) < 4.78 is 1.46. The van der Waals surface area contributed by atoms with Crippen LogP contribution < -0.4 is 5.56 Å². The van der Waals surface area contributed by atoms with E-state index in [4.69, 9.17) is 5.11 Å². The number of rotatable bonds is 3. The number of carboxylic acid groups (broad SMARTS) is 1. The van der Waals surface area contributed by atoms with Crippen LogP contribution in [-0.2, 0) is 6.54 Å². The van der Waals surface area contributed by atoms with Gasteiger partial charge in [0.15, 0.2) is 0 Å². The van der Waals surface area contributed by atoms with Crippen LogP contribution in [0.2, 0.25) is 0 Å². The number of pyridine rings is 1. The number of hydrogen-bond donors (Lipinski definition) is 1. The molecule has 0 spiro atoms. The highest BCUT2D eigenvalue weighted by Crippen LogP contribution is 2.14. The molecular weight excluding hydrogens is 252 g/mol. The fourth-order valence-corrected chi connectivity index (χ4v) is 2.50. The van der Waals surface area contributed by atoms with Crippen molar-refractivity contribution in [3.8, 4) is 0 Å². The van der Waals surface area contributed by atoms with Gasteiger partial charge in [0, 0.05) is 22.8 Å².